The van der Waals surface area contributed by atoms with Crippen molar-refractivity contribution in [2.45, 2.75) is 25.6 Å². The number of hydrogen-bond acceptors (Lipinski definition) is 6. The molecule has 7 nitrogen and oxygen atoms in total. The second-order valence-electron chi connectivity index (χ2n) is 6.87. The molecule has 2 aliphatic rings. The van der Waals surface area contributed by atoms with Crippen LogP contribution in [0.4, 0.5) is 20.4 Å². The van der Waals surface area contributed by atoms with E-state index in [1.165, 1.54) is 6.07 Å². The highest BCUT2D eigenvalue weighted by Gasteiger charge is 2.41. The molecule has 0 saturated carbocycles. The smallest absolute Gasteiger partial charge is 0.272 e. The van der Waals surface area contributed by atoms with Crippen LogP contribution in [0.5, 0.6) is 0 Å². The normalized spacial score (nSPS) is 18.5. The third-order valence-corrected chi connectivity index (χ3v) is 4.88. The minimum atomic E-state index is -0.979. The molecule has 1 spiro atoms. The molecule has 0 aliphatic carbocycles. The number of piperidine rings is 1. The van der Waals surface area contributed by atoms with Crippen LogP contribution in [-0.4, -0.2) is 52.9 Å². The molecule has 3 heterocycles. The van der Waals surface area contributed by atoms with Crippen LogP contribution in [0.25, 0.3) is 0 Å². The number of hydrogen-bond donors (Lipinski definition) is 1. The molecule has 28 heavy (non-hydrogen) atoms. The Hall–Kier alpha value is -2.65. The Morgan fingerprint density at radius 2 is 1.82 bits per heavy atom. The SMILES string of the molecule is Cc1cc(C(=O)N2CCC3(CC2)OCCO3)nc(Nc2ccc(F)c(F)c2)n1. The van der Waals surface area contributed by atoms with Gasteiger partial charge in [0.05, 0.1) is 13.2 Å². The predicted molar refractivity (Wildman–Crippen MR) is 96.2 cm³/mol. The molecule has 2 aliphatic heterocycles. The summed E-state index contributed by atoms with van der Waals surface area (Å²) in [5, 5.41) is 2.81. The largest absolute Gasteiger partial charge is 0.347 e. The van der Waals surface area contributed by atoms with Gasteiger partial charge in [0.2, 0.25) is 5.95 Å². The first kappa shape index (κ1) is 18.7. The first-order valence-electron chi connectivity index (χ1n) is 9.09. The number of carbonyl (C=O) groups is 1. The molecule has 1 aromatic heterocycles. The summed E-state index contributed by atoms with van der Waals surface area (Å²) in [6.45, 7) is 3.91. The number of benzene rings is 1. The number of likely N-dealkylation sites (tertiary alicyclic amines) is 1. The van der Waals surface area contributed by atoms with Crippen molar-refractivity contribution in [1.29, 1.82) is 0 Å². The summed E-state index contributed by atoms with van der Waals surface area (Å²) in [5.41, 5.74) is 1.11. The zero-order valence-electron chi connectivity index (χ0n) is 15.4. The highest BCUT2D eigenvalue weighted by Crippen LogP contribution is 2.31. The van der Waals surface area contributed by atoms with Crippen molar-refractivity contribution >= 4 is 17.5 Å². The van der Waals surface area contributed by atoms with E-state index in [-0.39, 0.29) is 17.5 Å². The number of carbonyl (C=O) groups excluding carboxylic acids is 1. The number of halogens is 2. The van der Waals surface area contributed by atoms with E-state index in [1.807, 2.05) is 0 Å². The number of aryl methyl sites for hydroxylation is 1. The molecule has 2 fully saturated rings. The molecular formula is C19H20F2N4O3. The van der Waals surface area contributed by atoms with Crippen molar-refractivity contribution in [1.82, 2.24) is 14.9 Å². The Bertz CT molecular complexity index is 893. The van der Waals surface area contributed by atoms with Gasteiger partial charge in [-0.1, -0.05) is 0 Å². The maximum Gasteiger partial charge on any atom is 0.272 e. The molecule has 1 aromatic carbocycles. The van der Waals surface area contributed by atoms with Gasteiger partial charge in [0.1, 0.15) is 5.69 Å². The Morgan fingerprint density at radius 3 is 2.50 bits per heavy atom. The third-order valence-electron chi connectivity index (χ3n) is 4.88. The van der Waals surface area contributed by atoms with Gasteiger partial charge in [-0.2, -0.15) is 0 Å². The first-order valence-corrected chi connectivity index (χ1v) is 9.09. The zero-order chi connectivity index (χ0) is 19.7. The Labute approximate surface area is 160 Å². The average molecular weight is 390 g/mol. The fourth-order valence-corrected chi connectivity index (χ4v) is 3.44. The molecule has 4 rings (SSSR count). The molecule has 0 unspecified atom stereocenters. The topological polar surface area (TPSA) is 76.6 Å². The van der Waals surface area contributed by atoms with Crippen molar-refractivity contribution in [3.8, 4) is 0 Å². The molecule has 1 N–H and O–H groups in total. The second-order valence-corrected chi connectivity index (χ2v) is 6.87. The van der Waals surface area contributed by atoms with E-state index in [4.69, 9.17) is 9.47 Å². The quantitative estimate of drug-likeness (QED) is 0.869. The summed E-state index contributed by atoms with van der Waals surface area (Å²) in [6, 6.07) is 4.99. The van der Waals surface area contributed by atoms with Crippen molar-refractivity contribution in [2.24, 2.45) is 0 Å². The summed E-state index contributed by atoms with van der Waals surface area (Å²) >= 11 is 0. The maximum absolute atomic E-state index is 13.4. The molecule has 148 valence electrons. The van der Waals surface area contributed by atoms with Gasteiger partial charge in [0.25, 0.3) is 5.91 Å². The van der Waals surface area contributed by atoms with Gasteiger partial charge < -0.3 is 19.7 Å². The lowest BCUT2D eigenvalue weighted by molar-refractivity contribution is -0.181. The maximum atomic E-state index is 13.4. The van der Waals surface area contributed by atoms with Crippen LogP contribution in [0.2, 0.25) is 0 Å². The van der Waals surface area contributed by atoms with Gasteiger partial charge >= 0.3 is 0 Å². The Kier molecular flexibility index (Phi) is 4.94. The molecule has 1 amide bonds. The summed E-state index contributed by atoms with van der Waals surface area (Å²) in [6.07, 6.45) is 1.23. The van der Waals surface area contributed by atoms with Crippen LogP contribution in [0.3, 0.4) is 0 Å². The van der Waals surface area contributed by atoms with E-state index in [0.29, 0.717) is 50.5 Å². The van der Waals surface area contributed by atoms with E-state index in [2.05, 4.69) is 15.3 Å². The van der Waals surface area contributed by atoms with E-state index >= 15 is 0 Å². The minimum Gasteiger partial charge on any atom is -0.347 e. The second kappa shape index (κ2) is 7.40. The number of amides is 1. The van der Waals surface area contributed by atoms with Crippen molar-refractivity contribution in [2.75, 3.05) is 31.6 Å². The molecule has 0 radical (unpaired) electrons. The number of ether oxygens (including phenoxy) is 2. The molecular weight excluding hydrogens is 370 g/mol. The predicted octanol–water partition coefficient (Wildman–Crippen LogP) is 2.79. The fraction of sp³-hybridized carbons (Fsp3) is 0.421. The lowest BCUT2D eigenvalue weighted by Gasteiger charge is -2.37. The van der Waals surface area contributed by atoms with Gasteiger partial charge in [0.15, 0.2) is 17.4 Å². The van der Waals surface area contributed by atoms with Crippen molar-refractivity contribution in [3.63, 3.8) is 0 Å². The Balaban J connectivity index is 1.48. The van der Waals surface area contributed by atoms with Crippen LogP contribution >= 0.6 is 0 Å². The highest BCUT2D eigenvalue weighted by atomic mass is 19.2. The van der Waals surface area contributed by atoms with Gasteiger partial charge in [-0.25, -0.2) is 18.7 Å². The van der Waals surface area contributed by atoms with Gasteiger partial charge in [-0.05, 0) is 25.1 Å². The zero-order valence-corrected chi connectivity index (χ0v) is 15.4. The number of nitrogens with one attached hydrogen (secondary N) is 1. The number of nitrogens with zero attached hydrogens (tertiary/aromatic N) is 3. The van der Waals surface area contributed by atoms with Crippen molar-refractivity contribution < 1.29 is 23.0 Å². The average Bonchev–Trinajstić information content (AvgIpc) is 3.12. The van der Waals surface area contributed by atoms with E-state index < -0.39 is 17.4 Å². The molecule has 2 aromatic rings. The molecule has 0 bridgehead atoms. The molecule has 2 saturated heterocycles. The summed E-state index contributed by atoms with van der Waals surface area (Å²) in [7, 11) is 0. The highest BCUT2D eigenvalue weighted by molar-refractivity contribution is 5.92. The summed E-state index contributed by atoms with van der Waals surface area (Å²) in [5.74, 6) is -2.55. The summed E-state index contributed by atoms with van der Waals surface area (Å²) < 4.78 is 37.9. The lowest BCUT2D eigenvalue weighted by atomic mass is 10.0. The van der Waals surface area contributed by atoms with Gasteiger partial charge in [0, 0.05) is 43.4 Å². The van der Waals surface area contributed by atoms with E-state index in [9.17, 15) is 13.6 Å². The van der Waals surface area contributed by atoms with Gasteiger partial charge in [-0.15, -0.1) is 0 Å². The third kappa shape index (κ3) is 3.81. The van der Waals surface area contributed by atoms with Crippen LogP contribution in [0, 0.1) is 18.6 Å². The minimum absolute atomic E-state index is 0.144. The van der Waals surface area contributed by atoms with Crippen LogP contribution in [0.15, 0.2) is 24.3 Å². The molecule has 0 atom stereocenters. The van der Waals surface area contributed by atoms with Crippen LogP contribution in [-0.2, 0) is 9.47 Å². The van der Waals surface area contributed by atoms with E-state index in [1.54, 1.807) is 17.9 Å². The number of anilines is 2. The van der Waals surface area contributed by atoms with Crippen molar-refractivity contribution in [3.05, 3.63) is 47.3 Å². The van der Waals surface area contributed by atoms with Gasteiger partial charge in [-0.3, -0.25) is 4.79 Å². The summed E-state index contributed by atoms with van der Waals surface area (Å²) in [4.78, 5) is 23.1. The van der Waals surface area contributed by atoms with Crippen LogP contribution in [0.1, 0.15) is 29.0 Å². The number of aromatic nitrogens is 2. The van der Waals surface area contributed by atoms with Crippen LogP contribution < -0.4 is 5.32 Å². The standard InChI is InChI=1S/C19H20F2N4O3/c1-12-10-16(17(26)25-6-4-19(5-7-25)27-8-9-28-19)24-18(22-12)23-13-2-3-14(20)15(21)11-13/h2-3,10-11H,4-9H2,1H3,(H,22,23,24). The first-order chi connectivity index (χ1) is 13.4. The monoisotopic (exact) mass is 390 g/mol. The fourth-order valence-electron chi connectivity index (χ4n) is 3.44. The Morgan fingerprint density at radius 1 is 1.11 bits per heavy atom. The van der Waals surface area contributed by atoms with E-state index in [0.717, 1.165) is 12.1 Å². The lowest BCUT2D eigenvalue weighted by Crippen LogP contribution is -2.47. The molecule has 9 heteroatoms. The number of rotatable bonds is 3.